The number of aryl methyl sites for hydroxylation is 1. The average Bonchev–Trinajstić information content (AvgIpc) is 3.14. The highest BCUT2D eigenvalue weighted by molar-refractivity contribution is 7.80. The molecule has 1 fully saturated rings. The van der Waals surface area contributed by atoms with Gasteiger partial charge in [-0.15, -0.1) is 11.3 Å². The molecule has 1 aromatic heterocycles. The first-order valence-corrected chi connectivity index (χ1v) is 11.9. The Hall–Kier alpha value is -2.17. The van der Waals surface area contributed by atoms with Crippen LogP contribution in [-0.2, 0) is 0 Å². The van der Waals surface area contributed by atoms with E-state index in [1.54, 1.807) is 23.5 Å². The lowest BCUT2D eigenvalue weighted by Crippen LogP contribution is -2.50. The number of piperazine rings is 1. The van der Waals surface area contributed by atoms with Gasteiger partial charge in [-0.2, -0.15) is 0 Å². The first-order valence-electron chi connectivity index (χ1n) is 10.6. The van der Waals surface area contributed by atoms with Crippen LogP contribution in [0.2, 0.25) is 0 Å². The molecule has 1 atom stereocenters. The fourth-order valence-electron chi connectivity index (χ4n) is 3.72. The van der Waals surface area contributed by atoms with Crippen LogP contribution in [0.3, 0.4) is 0 Å². The van der Waals surface area contributed by atoms with Gasteiger partial charge in [0, 0.05) is 51.0 Å². The van der Waals surface area contributed by atoms with Gasteiger partial charge in [-0.1, -0.05) is 12.2 Å². The zero-order chi connectivity index (χ0) is 22.5. The van der Waals surface area contributed by atoms with Gasteiger partial charge in [-0.3, -0.25) is 9.80 Å². The van der Waals surface area contributed by atoms with Crippen molar-refractivity contribution < 1.29 is 14.2 Å². The van der Waals surface area contributed by atoms with E-state index in [-0.39, 0.29) is 12.4 Å². The van der Waals surface area contributed by atoms with Crippen LogP contribution in [-0.4, -0.2) is 76.9 Å². The molecular formula is C23H27FN4O2S2. The largest absolute Gasteiger partial charge is 0.491 e. The Morgan fingerprint density at radius 2 is 1.91 bits per heavy atom. The maximum atomic E-state index is 13.0. The van der Waals surface area contributed by atoms with E-state index >= 15 is 0 Å². The minimum atomic E-state index is -0.560. The van der Waals surface area contributed by atoms with E-state index in [1.807, 2.05) is 25.1 Å². The topological polar surface area (TPSA) is 60.9 Å². The minimum Gasteiger partial charge on any atom is -0.491 e. The van der Waals surface area contributed by atoms with Crippen LogP contribution in [0, 0.1) is 12.7 Å². The molecule has 1 saturated heterocycles. The normalized spacial score (nSPS) is 16.2. The number of aliphatic hydroxyl groups excluding tert-OH is 1. The van der Waals surface area contributed by atoms with E-state index in [0.717, 1.165) is 52.8 Å². The van der Waals surface area contributed by atoms with E-state index in [9.17, 15) is 9.50 Å². The number of aromatic nitrogens is 1. The summed E-state index contributed by atoms with van der Waals surface area (Å²) < 4.78 is 19.9. The van der Waals surface area contributed by atoms with Crippen molar-refractivity contribution in [2.24, 2.45) is 0 Å². The molecule has 2 N–H and O–H groups in total. The Balaban J connectivity index is 1.16. The highest BCUT2D eigenvalue weighted by Crippen LogP contribution is 2.25. The number of halogens is 1. The van der Waals surface area contributed by atoms with Gasteiger partial charge in [-0.25, -0.2) is 9.37 Å². The van der Waals surface area contributed by atoms with E-state index in [4.69, 9.17) is 17.0 Å². The molecule has 0 unspecified atom stereocenters. The number of thiazole rings is 1. The van der Waals surface area contributed by atoms with Crippen LogP contribution >= 0.6 is 23.6 Å². The molecule has 1 aliphatic heterocycles. The molecule has 2 heterocycles. The number of hydrogen-bond donors (Lipinski definition) is 2. The highest BCUT2D eigenvalue weighted by atomic mass is 32.1. The summed E-state index contributed by atoms with van der Waals surface area (Å²) in [5.74, 6) is 0.467. The number of nitrogens with zero attached hydrogens (tertiary/aromatic N) is 3. The first-order chi connectivity index (χ1) is 15.4. The van der Waals surface area contributed by atoms with Crippen molar-refractivity contribution in [3.8, 4) is 5.75 Å². The minimum absolute atomic E-state index is 0.251. The molecule has 0 aliphatic carbocycles. The second kappa shape index (κ2) is 10.6. The summed E-state index contributed by atoms with van der Waals surface area (Å²) >= 11 is 7.10. The van der Waals surface area contributed by atoms with Crippen LogP contribution in [0.15, 0.2) is 42.5 Å². The third kappa shape index (κ3) is 6.43. The maximum Gasteiger partial charge on any atom is 0.123 e. The van der Waals surface area contributed by atoms with Gasteiger partial charge in [0.15, 0.2) is 0 Å². The molecule has 6 nitrogen and oxygen atoms in total. The predicted molar refractivity (Wildman–Crippen MR) is 131 cm³/mol. The lowest BCUT2D eigenvalue weighted by molar-refractivity contribution is 0.0489. The number of β-amino-alcohol motifs (C(OH)–C–C–N with tert-alkyl or cyclic N) is 1. The molecule has 0 amide bonds. The number of rotatable bonds is 8. The number of fused-ring (bicyclic) bond motifs is 1. The lowest BCUT2D eigenvalue weighted by Gasteiger charge is -2.35. The summed E-state index contributed by atoms with van der Waals surface area (Å²) in [6, 6.07) is 12.0. The summed E-state index contributed by atoms with van der Waals surface area (Å²) in [6.07, 6.45) is -0.560. The smallest absolute Gasteiger partial charge is 0.123 e. The molecule has 3 aromatic rings. The SMILES string of the molecule is Cc1nc2cc(OC[C@H](O)CN3CCN(CC(=S)Nc4ccc(F)cc4)CC3)ccc2s1. The van der Waals surface area contributed by atoms with E-state index in [0.29, 0.717) is 18.1 Å². The van der Waals surface area contributed by atoms with Gasteiger partial charge in [0.2, 0.25) is 0 Å². The molecule has 32 heavy (non-hydrogen) atoms. The van der Waals surface area contributed by atoms with E-state index in [1.165, 1.54) is 12.1 Å². The summed E-state index contributed by atoms with van der Waals surface area (Å²) in [5.41, 5.74) is 1.73. The molecule has 4 rings (SSSR count). The van der Waals surface area contributed by atoms with E-state index in [2.05, 4.69) is 20.1 Å². The van der Waals surface area contributed by atoms with Crippen molar-refractivity contribution in [3.05, 3.63) is 53.3 Å². The highest BCUT2D eigenvalue weighted by Gasteiger charge is 2.20. The van der Waals surface area contributed by atoms with Crippen molar-refractivity contribution in [3.63, 3.8) is 0 Å². The molecule has 2 aromatic carbocycles. The standard InChI is InChI=1S/C23H27FN4O2S2/c1-16-25-21-12-20(6-7-22(21)32-16)30-15-19(29)13-27-8-10-28(11-9-27)14-23(31)26-18-4-2-17(24)3-5-18/h2-7,12,19,29H,8-11,13-15H2,1H3,(H,26,31)/t19-/m1/s1. The summed E-state index contributed by atoms with van der Waals surface area (Å²) in [7, 11) is 0. The number of aliphatic hydroxyl groups is 1. The third-order valence-electron chi connectivity index (χ3n) is 5.34. The number of anilines is 1. The Morgan fingerprint density at radius 3 is 2.66 bits per heavy atom. The van der Waals surface area contributed by atoms with Crippen molar-refractivity contribution >= 4 is 44.4 Å². The van der Waals surface area contributed by atoms with Crippen LogP contribution in [0.1, 0.15) is 5.01 Å². The second-order valence-electron chi connectivity index (χ2n) is 7.96. The number of ether oxygens (including phenoxy) is 1. The molecule has 0 radical (unpaired) electrons. The molecule has 0 bridgehead atoms. The molecule has 0 saturated carbocycles. The van der Waals surface area contributed by atoms with Gasteiger partial charge >= 0.3 is 0 Å². The molecular weight excluding hydrogens is 447 g/mol. The second-order valence-corrected chi connectivity index (χ2v) is 9.69. The van der Waals surface area contributed by atoms with Crippen molar-refractivity contribution in [2.75, 3.05) is 51.2 Å². The summed E-state index contributed by atoms with van der Waals surface area (Å²) in [6.45, 7) is 6.94. The van der Waals surface area contributed by atoms with Crippen molar-refractivity contribution in [1.82, 2.24) is 14.8 Å². The van der Waals surface area contributed by atoms with Crippen molar-refractivity contribution in [1.29, 1.82) is 0 Å². The molecule has 0 spiro atoms. The number of thiocarbonyl (C=S) groups is 1. The number of hydrogen-bond acceptors (Lipinski definition) is 7. The van der Waals surface area contributed by atoms with Crippen molar-refractivity contribution in [2.45, 2.75) is 13.0 Å². The Morgan fingerprint density at radius 1 is 1.19 bits per heavy atom. The molecule has 170 valence electrons. The fraction of sp³-hybridized carbons (Fsp3) is 0.391. The van der Waals surface area contributed by atoms with Crippen LogP contribution in [0.4, 0.5) is 10.1 Å². The number of benzene rings is 2. The summed E-state index contributed by atoms with van der Waals surface area (Å²) in [5, 5.41) is 14.6. The number of nitrogens with one attached hydrogen (secondary N) is 1. The molecule has 1 aliphatic rings. The quantitative estimate of drug-likeness (QED) is 0.484. The van der Waals surface area contributed by atoms with Gasteiger partial charge in [0.1, 0.15) is 24.3 Å². The maximum absolute atomic E-state index is 13.0. The predicted octanol–water partition coefficient (Wildman–Crippen LogP) is 3.54. The Kier molecular flexibility index (Phi) is 7.64. The van der Waals surface area contributed by atoms with Crippen LogP contribution in [0.25, 0.3) is 10.2 Å². The first kappa shape index (κ1) is 23.0. The van der Waals surface area contributed by atoms with Gasteiger partial charge < -0.3 is 15.2 Å². The average molecular weight is 475 g/mol. The van der Waals surface area contributed by atoms with Gasteiger partial charge in [-0.05, 0) is 43.3 Å². The van der Waals surface area contributed by atoms with E-state index < -0.39 is 6.10 Å². The lowest BCUT2D eigenvalue weighted by atomic mass is 10.2. The zero-order valence-corrected chi connectivity index (χ0v) is 19.6. The molecule has 9 heteroatoms. The van der Waals surface area contributed by atoms with Gasteiger partial charge in [0.25, 0.3) is 0 Å². The summed E-state index contributed by atoms with van der Waals surface area (Å²) in [4.78, 5) is 9.72. The Labute approximate surface area is 196 Å². The Bertz CT molecular complexity index is 1050. The zero-order valence-electron chi connectivity index (χ0n) is 18.0. The fourth-order valence-corrected chi connectivity index (χ4v) is 4.83. The monoisotopic (exact) mass is 474 g/mol. The van der Waals surface area contributed by atoms with Crippen LogP contribution < -0.4 is 10.1 Å². The van der Waals surface area contributed by atoms with Crippen LogP contribution in [0.5, 0.6) is 5.75 Å². The third-order valence-corrected chi connectivity index (χ3v) is 6.52. The van der Waals surface area contributed by atoms with Gasteiger partial charge in [0.05, 0.1) is 20.2 Å².